The Balaban J connectivity index is 0. The molecule has 6 heteroatoms. The van der Waals surface area contributed by atoms with Crippen molar-refractivity contribution in [2.45, 2.75) is 226 Å². The number of phosphoric ester groups is 1. The second-order valence-electron chi connectivity index (χ2n) is 13.6. The van der Waals surface area contributed by atoms with Crippen molar-refractivity contribution in [2.75, 3.05) is 6.61 Å². The van der Waals surface area contributed by atoms with Gasteiger partial charge in [-0.05, 0) is 26.7 Å². The number of hydrogen-bond donors (Lipinski definition) is 3. The van der Waals surface area contributed by atoms with Crippen molar-refractivity contribution in [2.24, 2.45) is 5.73 Å². The second kappa shape index (κ2) is 34.0. The van der Waals surface area contributed by atoms with Crippen LogP contribution in [0.3, 0.4) is 0 Å². The predicted molar refractivity (Wildman–Crippen MR) is 186 cm³/mol. The summed E-state index contributed by atoms with van der Waals surface area (Å²) in [6, 6.07) is 0. The molecule has 0 aliphatic rings. The monoisotopic (exact) mass is 620 g/mol. The van der Waals surface area contributed by atoms with Gasteiger partial charge in [-0.15, -0.1) is 0 Å². The molecule has 5 nitrogen and oxygen atoms in total. The fraction of sp³-hybridized carbons (Fsp3) is 1.00. The lowest BCUT2D eigenvalue weighted by Gasteiger charge is -2.17. The molecule has 0 aromatic rings. The molecule has 4 N–H and O–H groups in total. The molecular weight excluding hydrogens is 541 g/mol. The Morgan fingerprint density at radius 2 is 0.714 bits per heavy atom. The summed E-state index contributed by atoms with van der Waals surface area (Å²) in [7, 11) is -4.26. The van der Waals surface area contributed by atoms with Gasteiger partial charge >= 0.3 is 7.82 Å². The van der Waals surface area contributed by atoms with Crippen LogP contribution in [0, 0.1) is 0 Å². The number of nitrogens with two attached hydrogens (primary N) is 1. The van der Waals surface area contributed by atoms with Crippen LogP contribution in [0.25, 0.3) is 0 Å². The van der Waals surface area contributed by atoms with E-state index in [-0.39, 0.29) is 12.1 Å². The largest absolute Gasteiger partial charge is 0.469 e. The molecule has 0 rings (SSSR count). The first-order chi connectivity index (χ1) is 20.1. The van der Waals surface area contributed by atoms with Gasteiger partial charge < -0.3 is 15.5 Å². The van der Waals surface area contributed by atoms with E-state index in [0.717, 1.165) is 19.3 Å². The van der Waals surface area contributed by atoms with Crippen LogP contribution in [-0.4, -0.2) is 21.9 Å². The minimum Gasteiger partial charge on any atom is -0.326 e. The average Bonchev–Trinajstić information content (AvgIpc) is 2.92. The van der Waals surface area contributed by atoms with Crippen molar-refractivity contribution in [3.05, 3.63) is 0 Å². The average molecular weight is 620 g/mol. The minimum atomic E-state index is -4.26. The first-order valence-electron chi connectivity index (χ1n) is 18.6. The van der Waals surface area contributed by atoms with Crippen LogP contribution in [0.4, 0.5) is 0 Å². The zero-order valence-corrected chi connectivity index (χ0v) is 30.1. The van der Waals surface area contributed by atoms with Gasteiger partial charge in [0.1, 0.15) is 0 Å². The molecule has 42 heavy (non-hydrogen) atoms. The molecule has 0 saturated heterocycles. The van der Waals surface area contributed by atoms with Gasteiger partial charge in [0.05, 0.1) is 6.61 Å². The topological polar surface area (TPSA) is 92.8 Å². The van der Waals surface area contributed by atoms with Crippen LogP contribution >= 0.6 is 7.82 Å². The van der Waals surface area contributed by atoms with Gasteiger partial charge in [-0.1, -0.05) is 194 Å². The van der Waals surface area contributed by atoms with Crippen LogP contribution in [0.1, 0.15) is 220 Å². The van der Waals surface area contributed by atoms with Crippen LogP contribution in [0.15, 0.2) is 0 Å². The first kappa shape index (κ1) is 44.2. The van der Waals surface area contributed by atoms with E-state index in [4.69, 9.17) is 15.5 Å². The third-order valence-corrected chi connectivity index (χ3v) is 8.70. The molecule has 0 aliphatic carbocycles. The van der Waals surface area contributed by atoms with Crippen molar-refractivity contribution in [1.29, 1.82) is 0 Å². The predicted octanol–water partition coefficient (Wildman–Crippen LogP) is 12.6. The lowest BCUT2D eigenvalue weighted by atomic mass is 9.97. The molecule has 0 radical (unpaired) electrons. The van der Waals surface area contributed by atoms with E-state index in [1.165, 1.54) is 173 Å². The lowest BCUT2D eigenvalue weighted by molar-refractivity contribution is 0.193. The Labute approximate surface area is 264 Å². The van der Waals surface area contributed by atoms with E-state index in [9.17, 15) is 4.57 Å². The van der Waals surface area contributed by atoms with E-state index in [1.807, 2.05) is 0 Å². The van der Waals surface area contributed by atoms with Crippen LogP contribution in [0.5, 0.6) is 0 Å². The Morgan fingerprint density at radius 3 is 0.952 bits per heavy atom. The molecule has 0 aromatic heterocycles. The number of rotatable bonds is 32. The summed E-state index contributed by atoms with van der Waals surface area (Å²) in [5.74, 6) is 0. The smallest absolute Gasteiger partial charge is 0.326 e. The molecule has 0 unspecified atom stereocenters. The van der Waals surface area contributed by atoms with E-state index in [0.29, 0.717) is 0 Å². The molecule has 0 bridgehead atoms. The van der Waals surface area contributed by atoms with Gasteiger partial charge in [-0.2, -0.15) is 0 Å². The fourth-order valence-electron chi connectivity index (χ4n) is 5.43. The molecular formula is C36H78NO4P. The highest BCUT2D eigenvalue weighted by molar-refractivity contribution is 7.46. The van der Waals surface area contributed by atoms with Gasteiger partial charge in [0.2, 0.25) is 0 Å². The molecule has 0 amide bonds. The molecule has 0 heterocycles. The standard InChI is InChI=1S/C22H47O4P.C14H31N/c1-2-3-4-5-6-7-8-9-10-11-12-13-14-15-16-17-18-19-20-21-22-26-27(23,24)25;1-4-5-6-7-8-9-10-11-12-13-14(2,3)15/h2-22H2,1H3,(H2,23,24,25);4-13,15H2,1-3H3. The summed E-state index contributed by atoms with van der Waals surface area (Å²) in [6.07, 6.45) is 40.3. The summed E-state index contributed by atoms with van der Waals surface area (Å²) in [4.78, 5) is 17.1. The third kappa shape index (κ3) is 47.0. The summed E-state index contributed by atoms with van der Waals surface area (Å²) in [5.41, 5.74) is 5.97. The maximum atomic E-state index is 10.5. The highest BCUT2D eigenvalue weighted by Crippen LogP contribution is 2.35. The van der Waals surface area contributed by atoms with Gasteiger partial charge in [0, 0.05) is 5.54 Å². The summed E-state index contributed by atoms with van der Waals surface area (Å²) in [6.45, 7) is 8.97. The number of hydrogen-bond acceptors (Lipinski definition) is 3. The van der Waals surface area contributed by atoms with Crippen LogP contribution in [-0.2, 0) is 9.09 Å². The lowest BCUT2D eigenvalue weighted by Crippen LogP contribution is -2.31. The van der Waals surface area contributed by atoms with Crippen molar-refractivity contribution in [3.63, 3.8) is 0 Å². The van der Waals surface area contributed by atoms with E-state index in [1.54, 1.807) is 0 Å². The Morgan fingerprint density at radius 1 is 0.476 bits per heavy atom. The van der Waals surface area contributed by atoms with E-state index in [2.05, 4.69) is 32.2 Å². The van der Waals surface area contributed by atoms with Gasteiger partial charge in [0.25, 0.3) is 0 Å². The van der Waals surface area contributed by atoms with Gasteiger partial charge in [-0.25, -0.2) is 4.57 Å². The molecule has 0 spiro atoms. The van der Waals surface area contributed by atoms with Crippen molar-refractivity contribution < 1.29 is 18.9 Å². The Kier molecular flexibility index (Phi) is 35.7. The molecule has 0 aromatic carbocycles. The minimum absolute atomic E-state index is 0.0428. The third-order valence-electron chi connectivity index (χ3n) is 8.18. The van der Waals surface area contributed by atoms with Gasteiger partial charge in [0.15, 0.2) is 0 Å². The molecule has 0 aliphatic heterocycles. The van der Waals surface area contributed by atoms with Crippen molar-refractivity contribution in [3.8, 4) is 0 Å². The van der Waals surface area contributed by atoms with Crippen molar-refractivity contribution in [1.82, 2.24) is 0 Å². The first-order valence-corrected chi connectivity index (χ1v) is 20.1. The zero-order valence-electron chi connectivity index (χ0n) is 29.2. The normalized spacial score (nSPS) is 12.0. The van der Waals surface area contributed by atoms with Crippen LogP contribution in [0.2, 0.25) is 0 Å². The van der Waals surface area contributed by atoms with Gasteiger partial charge in [-0.3, -0.25) is 4.52 Å². The Bertz CT molecular complexity index is 547. The summed E-state index contributed by atoms with van der Waals surface area (Å²) in [5, 5.41) is 0. The molecule has 0 fully saturated rings. The highest BCUT2D eigenvalue weighted by atomic mass is 31.2. The van der Waals surface area contributed by atoms with E-state index < -0.39 is 7.82 Å². The SMILES string of the molecule is CCCCCCCCCCCC(C)(C)N.CCCCCCCCCCCCCCCCCCCCCCOP(=O)(O)O. The maximum Gasteiger partial charge on any atom is 0.469 e. The molecule has 0 atom stereocenters. The summed E-state index contributed by atoms with van der Waals surface area (Å²) >= 11 is 0. The quantitative estimate of drug-likeness (QED) is 0.0514. The fourth-order valence-corrected chi connectivity index (χ4v) is 5.80. The number of unbranched alkanes of at least 4 members (excludes halogenated alkanes) is 27. The highest BCUT2D eigenvalue weighted by Gasteiger charge is 2.12. The second-order valence-corrected chi connectivity index (χ2v) is 14.8. The maximum absolute atomic E-state index is 10.5. The number of phosphoric acid groups is 1. The Hall–Kier alpha value is 0.0700. The van der Waals surface area contributed by atoms with Crippen molar-refractivity contribution >= 4 is 7.82 Å². The molecule has 0 saturated carbocycles. The van der Waals surface area contributed by atoms with Crippen LogP contribution < -0.4 is 5.73 Å². The zero-order chi connectivity index (χ0) is 31.6. The summed E-state index contributed by atoms with van der Waals surface area (Å²) < 4.78 is 14.9. The molecule has 256 valence electrons. The van der Waals surface area contributed by atoms with E-state index >= 15 is 0 Å².